The predicted octanol–water partition coefficient (Wildman–Crippen LogP) is 6.10. The van der Waals surface area contributed by atoms with Crippen molar-refractivity contribution in [1.82, 2.24) is 10.2 Å². The number of benzene rings is 4. The molecule has 1 atom stereocenters. The first kappa shape index (κ1) is 33.6. The molecule has 0 heterocycles. The van der Waals surface area contributed by atoms with Crippen molar-refractivity contribution in [3.05, 3.63) is 125 Å². The fraction of sp³-hybridized carbons (Fsp3) is 0.257. The van der Waals surface area contributed by atoms with Crippen molar-refractivity contribution in [2.45, 2.75) is 50.2 Å². The molecule has 0 saturated carbocycles. The second-order valence-electron chi connectivity index (χ2n) is 11.6. The maximum atomic E-state index is 14.5. The molecule has 0 aliphatic heterocycles. The number of sulfonamides is 1. The van der Waals surface area contributed by atoms with Gasteiger partial charge in [-0.3, -0.25) is 13.9 Å². The Balaban J connectivity index is 1.81. The van der Waals surface area contributed by atoms with Crippen molar-refractivity contribution in [1.29, 1.82) is 0 Å². The maximum Gasteiger partial charge on any atom is 0.264 e. The summed E-state index contributed by atoms with van der Waals surface area (Å²) in [5, 5.41) is 3.44. The third-order valence-corrected chi connectivity index (χ3v) is 9.20. The van der Waals surface area contributed by atoms with Crippen LogP contribution >= 0.6 is 11.6 Å². The van der Waals surface area contributed by atoms with Crippen LogP contribution in [0.3, 0.4) is 0 Å². The van der Waals surface area contributed by atoms with Crippen LogP contribution in [0, 0.1) is 0 Å². The highest BCUT2D eigenvalue weighted by molar-refractivity contribution is 7.92. The van der Waals surface area contributed by atoms with E-state index in [0.29, 0.717) is 22.0 Å². The fourth-order valence-electron chi connectivity index (χ4n) is 4.81. The Morgan fingerprint density at radius 3 is 2.00 bits per heavy atom. The summed E-state index contributed by atoms with van der Waals surface area (Å²) in [6.45, 7) is 5.02. The van der Waals surface area contributed by atoms with Gasteiger partial charge in [-0.1, -0.05) is 78.3 Å². The van der Waals surface area contributed by atoms with E-state index in [1.807, 2.05) is 51.1 Å². The van der Waals surface area contributed by atoms with Crippen LogP contribution in [0.5, 0.6) is 5.75 Å². The Labute approximate surface area is 270 Å². The minimum Gasteiger partial charge on any atom is -0.497 e. The average molecular weight is 648 g/mol. The molecule has 0 aromatic heterocycles. The van der Waals surface area contributed by atoms with Crippen LogP contribution in [-0.2, 0) is 32.6 Å². The van der Waals surface area contributed by atoms with E-state index in [1.165, 1.54) is 24.1 Å². The highest BCUT2D eigenvalue weighted by Gasteiger charge is 2.35. The van der Waals surface area contributed by atoms with Crippen molar-refractivity contribution in [3.8, 4) is 5.75 Å². The van der Waals surface area contributed by atoms with E-state index < -0.39 is 34.1 Å². The minimum absolute atomic E-state index is 0.0103. The van der Waals surface area contributed by atoms with Gasteiger partial charge in [-0.25, -0.2) is 8.42 Å². The molecule has 0 radical (unpaired) electrons. The molecular weight excluding hydrogens is 610 g/mol. The lowest BCUT2D eigenvalue weighted by Gasteiger charge is -2.35. The molecule has 0 fully saturated rings. The van der Waals surface area contributed by atoms with E-state index in [9.17, 15) is 18.0 Å². The molecule has 0 unspecified atom stereocenters. The van der Waals surface area contributed by atoms with Gasteiger partial charge in [-0.2, -0.15) is 0 Å². The zero-order chi connectivity index (χ0) is 32.6. The molecule has 2 amide bonds. The lowest BCUT2D eigenvalue weighted by Crippen LogP contribution is -2.56. The van der Waals surface area contributed by atoms with Gasteiger partial charge in [0.05, 0.1) is 17.7 Å². The van der Waals surface area contributed by atoms with Gasteiger partial charge in [0.2, 0.25) is 11.8 Å². The predicted molar refractivity (Wildman–Crippen MR) is 178 cm³/mol. The van der Waals surface area contributed by atoms with Gasteiger partial charge in [0.1, 0.15) is 18.3 Å². The van der Waals surface area contributed by atoms with E-state index in [2.05, 4.69) is 5.32 Å². The number of amides is 2. The minimum atomic E-state index is -4.22. The number of hydrogen-bond acceptors (Lipinski definition) is 5. The number of para-hydroxylation sites is 1. The van der Waals surface area contributed by atoms with Crippen LogP contribution in [0.2, 0.25) is 5.02 Å². The lowest BCUT2D eigenvalue weighted by molar-refractivity contribution is -0.140. The topological polar surface area (TPSA) is 96.0 Å². The molecule has 0 saturated heterocycles. The summed E-state index contributed by atoms with van der Waals surface area (Å²) in [5.74, 6) is -0.437. The zero-order valence-corrected chi connectivity index (χ0v) is 27.4. The van der Waals surface area contributed by atoms with Crippen LogP contribution < -0.4 is 14.4 Å². The smallest absolute Gasteiger partial charge is 0.264 e. The summed E-state index contributed by atoms with van der Waals surface area (Å²) < 4.78 is 34.5. The van der Waals surface area contributed by atoms with Crippen LogP contribution in [0.15, 0.2) is 114 Å². The summed E-state index contributed by atoms with van der Waals surface area (Å²) in [5.41, 5.74) is 1.18. The number of hydrogen-bond donors (Lipinski definition) is 1. The maximum absolute atomic E-state index is 14.5. The van der Waals surface area contributed by atoms with E-state index >= 15 is 0 Å². The van der Waals surface area contributed by atoms with Gasteiger partial charge in [0.15, 0.2) is 0 Å². The first-order chi connectivity index (χ1) is 21.4. The number of carbonyl (C=O) groups excluding carboxylic acids is 2. The summed E-state index contributed by atoms with van der Waals surface area (Å²) >= 11 is 6.55. The standard InChI is InChI=1S/C35H38ClN3O5S/c1-35(2,3)37-34(41)32(23-26-13-7-5-8-14-26)38(24-27-15-11-12-18-31(27)36)33(40)25-39(28-16-9-6-10-17-28)45(42,43)30-21-19-29(44-4)20-22-30/h5-22,32H,23-25H2,1-4H3,(H,37,41)/t32-/m0/s1. The van der Waals surface area contributed by atoms with Crippen molar-refractivity contribution < 1.29 is 22.7 Å². The molecule has 0 bridgehead atoms. The van der Waals surface area contributed by atoms with Crippen molar-refractivity contribution >= 4 is 39.1 Å². The van der Waals surface area contributed by atoms with Gasteiger partial charge in [0.25, 0.3) is 10.0 Å². The van der Waals surface area contributed by atoms with E-state index in [0.717, 1.165) is 9.87 Å². The number of methoxy groups -OCH3 is 1. The number of nitrogens with zero attached hydrogens (tertiary/aromatic N) is 2. The summed E-state index contributed by atoms with van der Waals surface area (Å²) in [7, 11) is -2.72. The van der Waals surface area contributed by atoms with Crippen molar-refractivity contribution in [2.24, 2.45) is 0 Å². The molecule has 45 heavy (non-hydrogen) atoms. The second-order valence-corrected chi connectivity index (χ2v) is 13.9. The molecule has 10 heteroatoms. The monoisotopic (exact) mass is 647 g/mol. The van der Waals surface area contributed by atoms with Gasteiger partial charge in [-0.05, 0) is 74.4 Å². The summed E-state index contributed by atoms with van der Waals surface area (Å²) in [6, 6.07) is 29.9. The molecule has 1 N–H and O–H groups in total. The highest BCUT2D eigenvalue weighted by atomic mass is 35.5. The summed E-state index contributed by atoms with van der Waals surface area (Å²) in [6.07, 6.45) is 0.204. The molecular formula is C35H38ClN3O5S. The molecule has 0 aliphatic carbocycles. The van der Waals surface area contributed by atoms with Crippen LogP contribution in [0.1, 0.15) is 31.9 Å². The Bertz CT molecular complexity index is 1690. The molecule has 0 aliphatic rings. The molecule has 4 aromatic rings. The number of anilines is 1. The first-order valence-electron chi connectivity index (χ1n) is 14.5. The molecule has 8 nitrogen and oxygen atoms in total. The highest BCUT2D eigenvalue weighted by Crippen LogP contribution is 2.27. The largest absolute Gasteiger partial charge is 0.497 e. The first-order valence-corrected chi connectivity index (χ1v) is 16.3. The van der Waals surface area contributed by atoms with Crippen LogP contribution in [0.25, 0.3) is 0 Å². The Hall–Kier alpha value is -4.34. The third kappa shape index (κ3) is 8.86. The third-order valence-electron chi connectivity index (χ3n) is 7.04. The lowest BCUT2D eigenvalue weighted by atomic mass is 10.0. The normalized spacial score (nSPS) is 12.2. The SMILES string of the molecule is COc1ccc(S(=O)(=O)N(CC(=O)N(Cc2ccccc2Cl)[C@@H](Cc2ccccc2)C(=O)NC(C)(C)C)c2ccccc2)cc1. The quantitative estimate of drug-likeness (QED) is 0.201. The van der Waals surface area contributed by atoms with E-state index in [1.54, 1.807) is 66.7 Å². The Morgan fingerprint density at radius 2 is 1.42 bits per heavy atom. The molecule has 0 spiro atoms. The fourth-order valence-corrected chi connectivity index (χ4v) is 6.42. The average Bonchev–Trinajstić information content (AvgIpc) is 3.02. The van der Waals surface area contributed by atoms with Crippen LogP contribution in [0.4, 0.5) is 5.69 Å². The van der Waals surface area contributed by atoms with Crippen molar-refractivity contribution in [2.75, 3.05) is 18.0 Å². The number of rotatable bonds is 12. The number of ether oxygens (including phenoxy) is 1. The van der Waals surface area contributed by atoms with Crippen molar-refractivity contribution in [3.63, 3.8) is 0 Å². The number of nitrogens with one attached hydrogen (secondary N) is 1. The number of halogens is 1. The molecule has 4 rings (SSSR count). The Morgan fingerprint density at radius 1 is 0.844 bits per heavy atom. The number of carbonyl (C=O) groups is 2. The van der Waals surface area contributed by atoms with Gasteiger partial charge in [-0.15, -0.1) is 0 Å². The summed E-state index contributed by atoms with van der Waals surface area (Å²) in [4.78, 5) is 29.9. The molecule has 236 valence electrons. The van der Waals surface area contributed by atoms with Gasteiger partial charge >= 0.3 is 0 Å². The molecule has 4 aromatic carbocycles. The van der Waals surface area contributed by atoms with Crippen LogP contribution in [-0.4, -0.2) is 50.4 Å². The van der Waals surface area contributed by atoms with E-state index in [4.69, 9.17) is 16.3 Å². The van der Waals surface area contributed by atoms with Gasteiger partial charge in [0, 0.05) is 23.5 Å². The van der Waals surface area contributed by atoms with E-state index in [-0.39, 0.29) is 23.8 Å². The zero-order valence-electron chi connectivity index (χ0n) is 25.8. The Kier molecular flexibility index (Phi) is 10.9. The second kappa shape index (κ2) is 14.6. The van der Waals surface area contributed by atoms with Gasteiger partial charge < -0.3 is 15.0 Å².